The summed E-state index contributed by atoms with van der Waals surface area (Å²) in [4.78, 5) is 6.91. The molecule has 2 aromatic rings. The number of methoxy groups -OCH3 is 1. The molecule has 4 nitrogen and oxygen atoms in total. The van der Waals surface area contributed by atoms with Crippen molar-refractivity contribution in [1.82, 2.24) is 15.2 Å². The number of rotatable bonds is 6. The van der Waals surface area contributed by atoms with Crippen molar-refractivity contribution < 1.29 is 4.74 Å². The lowest BCUT2D eigenvalue weighted by Gasteiger charge is -2.13. The quantitative estimate of drug-likeness (QED) is 0.889. The standard InChI is InChI=1S/C13H19N3OS.ClH/c1-14-6-7-16(2)9-13-15-11-5-4-10(17-3)8-12(11)18-13;/h4-5,8,14H,6-7,9H2,1-3H3;1H. The molecule has 0 aliphatic carbocycles. The maximum absolute atomic E-state index is 5.23. The van der Waals surface area contributed by atoms with E-state index in [0.717, 1.165) is 35.9 Å². The Morgan fingerprint density at radius 2 is 2.21 bits per heavy atom. The fourth-order valence-corrected chi connectivity index (χ4v) is 2.84. The number of thiazole rings is 1. The van der Waals surface area contributed by atoms with Gasteiger partial charge in [0.1, 0.15) is 10.8 Å². The number of likely N-dealkylation sites (N-methyl/N-ethyl adjacent to an activating group) is 2. The van der Waals surface area contributed by atoms with E-state index in [1.165, 1.54) is 4.70 Å². The van der Waals surface area contributed by atoms with E-state index in [2.05, 4.69) is 22.2 Å². The molecular weight excluding hydrogens is 282 g/mol. The van der Waals surface area contributed by atoms with Crippen LogP contribution in [-0.2, 0) is 6.54 Å². The highest BCUT2D eigenvalue weighted by atomic mass is 35.5. The Bertz CT molecular complexity index is 518. The Morgan fingerprint density at radius 1 is 1.42 bits per heavy atom. The number of hydrogen-bond donors (Lipinski definition) is 1. The fourth-order valence-electron chi connectivity index (χ4n) is 1.76. The van der Waals surface area contributed by atoms with Crippen LogP contribution in [0.3, 0.4) is 0 Å². The van der Waals surface area contributed by atoms with E-state index in [1.54, 1.807) is 18.4 Å². The molecular formula is C13H20ClN3OS. The Kier molecular flexibility index (Phi) is 6.51. The van der Waals surface area contributed by atoms with E-state index in [9.17, 15) is 0 Å². The van der Waals surface area contributed by atoms with Crippen LogP contribution in [0.5, 0.6) is 5.75 Å². The van der Waals surface area contributed by atoms with E-state index in [1.807, 2.05) is 25.2 Å². The van der Waals surface area contributed by atoms with Gasteiger partial charge in [0.2, 0.25) is 0 Å². The second kappa shape index (κ2) is 7.65. The van der Waals surface area contributed by atoms with Crippen molar-refractivity contribution in [2.24, 2.45) is 0 Å². The van der Waals surface area contributed by atoms with Crippen LogP contribution in [0.2, 0.25) is 0 Å². The topological polar surface area (TPSA) is 37.4 Å². The van der Waals surface area contributed by atoms with Gasteiger partial charge in [-0.3, -0.25) is 4.90 Å². The molecule has 0 aliphatic rings. The molecule has 106 valence electrons. The number of hydrogen-bond acceptors (Lipinski definition) is 5. The molecule has 2 rings (SSSR count). The summed E-state index contributed by atoms with van der Waals surface area (Å²) < 4.78 is 6.41. The van der Waals surface area contributed by atoms with Crippen molar-refractivity contribution in [2.45, 2.75) is 6.54 Å². The minimum atomic E-state index is 0. The Hall–Kier alpha value is -0.880. The molecule has 0 fully saturated rings. The molecule has 0 bridgehead atoms. The first-order valence-corrected chi connectivity index (χ1v) is 6.81. The number of ether oxygens (including phenoxy) is 1. The maximum Gasteiger partial charge on any atom is 0.120 e. The van der Waals surface area contributed by atoms with Crippen molar-refractivity contribution >= 4 is 34.0 Å². The van der Waals surface area contributed by atoms with Crippen LogP contribution in [0.15, 0.2) is 18.2 Å². The van der Waals surface area contributed by atoms with Gasteiger partial charge >= 0.3 is 0 Å². The van der Waals surface area contributed by atoms with Gasteiger partial charge in [-0.05, 0) is 32.3 Å². The Morgan fingerprint density at radius 3 is 2.89 bits per heavy atom. The van der Waals surface area contributed by atoms with Gasteiger partial charge < -0.3 is 10.1 Å². The van der Waals surface area contributed by atoms with Gasteiger partial charge in [0.05, 0.1) is 23.9 Å². The van der Waals surface area contributed by atoms with Crippen LogP contribution in [0.25, 0.3) is 10.2 Å². The van der Waals surface area contributed by atoms with Crippen LogP contribution in [0.4, 0.5) is 0 Å². The molecule has 1 aromatic carbocycles. The van der Waals surface area contributed by atoms with Gasteiger partial charge in [0.25, 0.3) is 0 Å². The number of aromatic nitrogens is 1. The molecule has 19 heavy (non-hydrogen) atoms. The zero-order valence-corrected chi connectivity index (χ0v) is 13.1. The molecule has 6 heteroatoms. The molecule has 0 saturated carbocycles. The summed E-state index contributed by atoms with van der Waals surface area (Å²) in [7, 11) is 5.77. The van der Waals surface area contributed by atoms with Crippen LogP contribution >= 0.6 is 23.7 Å². The molecule has 1 aromatic heterocycles. The number of nitrogens with zero attached hydrogens (tertiary/aromatic N) is 2. The second-order valence-electron chi connectivity index (χ2n) is 4.28. The average Bonchev–Trinajstić information content (AvgIpc) is 2.77. The zero-order valence-electron chi connectivity index (χ0n) is 11.5. The maximum atomic E-state index is 5.23. The monoisotopic (exact) mass is 301 g/mol. The van der Waals surface area contributed by atoms with Gasteiger partial charge in [-0.2, -0.15) is 0 Å². The molecule has 0 spiro atoms. The summed E-state index contributed by atoms with van der Waals surface area (Å²) in [6.45, 7) is 2.91. The minimum absolute atomic E-state index is 0. The molecule has 1 N–H and O–H groups in total. The predicted octanol–water partition coefficient (Wildman–Crippen LogP) is 2.38. The predicted molar refractivity (Wildman–Crippen MR) is 83.7 cm³/mol. The number of nitrogens with one attached hydrogen (secondary N) is 1. The molecule has 0 unspecified atom stereocenters. The summed E-state index contributed by atoms with van der Waals surface area (Å²) in [5.41, 5.74) is 1.05. The first-order chi connectivity index (χ1) is 8.72. The lowest BCUT2D eigenvalue weighted by atomic mass is 10.3. The normalized spacial score (nSPS) is 10.7. The van der Waals surface area contributed by atoms with Crippen molar-refractivity contribution in [3.05, 3.63) is 23.2 Å². The van der Waals surface area contributed by atoms with Gasteiger partial charge in [0, 0.05) is 13.1 Å². The molecule has 0 atom stereocenters. The first kappa shape index (κ1) is 16.2. The summed E-state index contributed by atoms with van der Waals surface area (Å²) in [5, 5.41) is 4.30. The minimum Gasteiger partial charge on any atom is -0.497 e. The van der Waals surface area contributed by atoms with E-state index in [-0.39, 0.29) is 12.4 Å². The highest BCUT2D eigenvalue weighted by Crippen LogP contribution is 2.26. The summed E-state index contributed by atoms with van der Waals surface area (Å²) in [6.07, 6.45) is 0. The highest BCUT2D eigenvalue weighted by Gasteiger charge is 2.07. The third-order valence-corrected chi connectivity index (χ3v) is 3.79. The SMILES string of the molecule is CNCCN(C)Cc1nc2ccc(OC)cc2s1.Cl. The van der Waals surface area contributed by atoms with Gasteiger partial charge in [-0.1, -0.05) is 0 Å². The van der Waals surface area contributed by atoms with Crippen molar-refractivity contribution in [3.63, 3.8) is 0 Å². The van der Waals surface area contributed by atoms with E-state index in [4.69, 9.17) is 4.74 Å². The van der Waals surface area contributed by atoms with Crippen molar-refractivity contribution in [2.75, 3.05) is 34.3 Å². The molecule has 0 saturated heterocycles. The number of benzene rings is 1. The highest BCUT2D eigenvalue weighted by molar-refractivity contribution is 7.18. The third kappa shape index (κ3) is 4.31. The number of fused-ring (bicyclic) bond motifs is 1. The van der Waals surface area contributed by atoms with Crippen molar-refractivity contribution in [1.29, 1.82) is 0 Å². The van der Waals surface area contributed by atoms with Gasteiger partial charge in [0.15, 0.2) is 0 Å². The molecule has 0 amide bonds. The largest absolute Gasteiger partial charge is 0.497 e. The molecule has 0 aliphatic heterocycles. The molecule has 0 radical (unpaired) electrons. The van der Waals surface area contributed by atoms with E-state index in [0.29, 0.717) is 0 Å². The summed E-state index contributed by atoms with van der Waals surface area (Å²) >= 11 is 1.74. The Balaban J connectivity index is 0.00000180. The van der Waals surface area contributed by atoms with Gasteiger partial charge in [-0.25, -0.2) is 4.98 Å². The zero-order chi connectivity index (χ0) is 13.0. The van der Waals surface area contributed by atoms with Crippen molar-refractivity contribution in [3.8, 4) is 5.75 Å². The van der Waals surface area contributed by atoms with E-state index >= 15 is 0 Å². The second-order valence-corrected chi connectivity index (χ2v) is 5.40. The van der Waals surface area contributed by atoms with Crippen LogP contribution in [-0.4, -0.2) is 44.2 Å². The molecule has 1 heterocycles. The van der Waals surface area contributed by atoms with Crippen LogP contribution < -0.4 is 10.1 Å². The summed E-state index contributed by atoms with van der Waals surface area (Å²) in [5.74, 6) is 0.890. The average molecular weight is 302 g/mol. The fraction of sp³-hybridized carbons (Fsp3) is 0.462. The van der Waals surface area contributed by atoms with Crippen LogP contribution in [0.1, 0.15) is 5.01 Å². The first-order valence-electron chi connectivity index (χ1n) is 5.99. The number of halogens is 1. The van der Waals surface area contributed by atoms with E-state index < -0.39 is 0 Å². The lowest BCUT2D eigenvalue weighted by Crippen LogP contribution is -2.26. The van der Waals surface area contributed by atoms with Crippen LogP contribution in [0, 0.1) is 0 Å². The lowest BCUT2D eigenvalue weighted by molar-refractivity contribution is 0.328. The smallest absolute Gasteiger partial charge is 0.120 e. The summed E-state index contributed by atoms with van der Waals surface area (Å²) in [6, 6.07) is 6.02. The third-order valence-electron chi connectivity index (χ3n) is 2.79. The Labute approximate surface area is 124 Å². The van der Waals surface area contributed by atoms with Gasteiger partial charge in [-0.15, -0.1) is 23.7 Å².